The highest BCUT2D eigenvalue weighted by Crippen LogP contribution is 2.33. The Balaban J connectivity index is 1.30. The number of carbonyl (C=O) groups is 1. The summed E-state index contributed by atoms with van der Waals surface area (Å²) < 4.78 is 0. The number of anilines is 1. The number of hydrogen-bond acceptors (Lipinski definition) is 6. The molecule has 4 heterocycles. The van der Waals surface area contributed by atoms with Gasteiger partial charge >= 0.3 is 0 Å². The molecule has 2 atom stereocenters. The fraction of sp³-hybridized carbons (Fsp3) is 0.350. The van der Waals surface area contributed by atoms with Gasteiger partial charge in [0.1, 0.15) is 17.8 Å². The summed E-state index contributed by atoms with van der Waals surface area (Å²) in [5, 5.41) is 0. The van der Waals surface area contributed by atoms with E-state index in [1.807, 2.05) is 42.2 Å². The van der Waals surface area contributed by atoms with E-state index >= 15 is 0 Å². The van der Waals surface area contributed by atoms with Gasteiger partial charge in [-0.2, -0.15) is 0 Å². The number of hydrogen-bond donors (Lipinski definition) is 0. The minimum Gasteiger partial charge on any atom is -0.356 e. The highest BCUT2D eigenvalue weighted by atomic mass is 16.2. The first-order chi connectivity index (χ1) is 13.2. The van der Waals surface area contributed by atoms with Crippen LogP contribution in [0.3, 0.4) is 0 Å². The van der Waals surface area contributed by atoms with Crippen LogP contribution in [0.2, 0.25) is 0 Å². The summed E-state index contributed by atoms with van der Waals surface area (Å²) >= 11 is 0. The number of aromatic nitrogens is 4. The molecule has 2 aliphatic heterocycles. The maximum absolute atomic E-state index is 12.9. The summed E-state index contributed by atoms with van der Waals surface area (Å²) in [5.41, 5.74) is 2.97. The Morgan fingerprint density at radius 2 is 1.74 bits per heavy atom. The van der Waals surface area contributed by atoms with Crippen LogP contribution < -0.4 is 4.90 Å². The second kappa shape index (κ2) is 6.26. The molecule has 2 aliphatic rings. The molecule has 0 saturated carbocycles. The first-order valence-corrected chi connectivity index (χ1v) is 9.22. The van der Waals surface area contributed by atoms with Gasteiger partial charge in [0.25, 0.3) is 5.91 Å². The van der Waals surface area contributed by atoms with Crippen molar-refractivity contribution in [3.63, 3.8) is 0 Å². The van der Waals surface area contributed by atoms with Gasteiger partial charge in [0.05, 0.1) is 17.2 Å². The second-order valence-electron chi connectivity index (χ2n) is 7.40. The summed E-state index contributed by atoms with van der Waals surface area (Å²) in [6.45, 7) is 5.35. The number of likely N-dealkylation sites (tertiary alicyclic amines) is 1. The van der Waals surface area contributed by atoms with Crippen molar-refractivity contribution in [2.45, 2.75) is 6.92 Å². The van der Waals surface area contributed by atoms with Gasteiger partial charge in [-0.1, -0.05) is 12.1 Å². The van der Waals surface area contributed by atoms with Crippen molar-refractivity contribution in [3.8, 4) is 0 Å². The average molecular weight is 360 g/mol. The monoisotopic (exact) mass is 360 g/mol. The molecule has 3 aromatic rings. The summed E-state index contributed by atoms with van der Waals surface area (Å²) in [6.07, 6.45) is 3.21. The third-order valence-electron chi connectivity index (χ3n) is 5.55. The molecular formula is C20H20N6O. The van der Waals surface area contributed by atoms with Crippen molar-refractivity contribution < 1.29 is 4.79 Å². The van der Waals surface area contributed by atoms with Crippen LogP contribution in [0, 0.1) is 18.8 Å². The highest BCUT2D eigenvalue weighted by Gasteiger charge is 2.42. The molecule has 2 aromatic heterocycles. The lowest BCUT2D eigenvalue weighted by molar-refractivity contribution is 0.0776. The van der Waals surface area contributed by atoms with Gasteiger partial charge in [0, 0.05) is 49.8 Å². The van der Waals surface area contributed by atoms with E-state index in [2.05, 4.69) is 24.8 Å². The van der Waals surface area contributed by atoms with Gasteiger partial charge in [-0.3, -0.25) is 9.78 Å². The minimum atomic E-state index is -0.0212. The van der Waals surface area contributed by atoms with Gasteiger partial charge in [0.15, 0.2) is 0 Å². The summed E-state index contributed by atoms with van der Waals surface area (Å²) in [5.74, 6) is 1.90. The molecule has 2 unspecified atom stereocenters. The second-order valence-corrected chi connectivity index (χ2v) is 7.40. The molecule has 27 heavy (non-hydrogen) atoms. The van der Waals surface area contributed by atoms with Gasteiger partial charge in [0.2, 0.25) is 0 Å². The number of amides is 1. The molecule has 0 N–H and O–H groups in total. The standard InChI is InChI=1S/C20H20N6O/c1-13-6-19(23-12-22-13)25-8-14-10-26(11-15(14)9-25)20(27)18-7-21-16-4-2-3-5-17(16)24-18/h2-7,12,14-15H,8-11H2,1H3. The van der Waals surface area contributed by atoms with E-state index in [1.165, 1.54) is 0 Å². The van der Waals surface area contributed by atoms with Crippen LogP contribution in [-0.2, 0) is 0 Å². The Hall–Kier alpha value is -3.09. The molecule has 0 spiro atoms. The normalized spacial score (nSPS) is 21.7. The summed E-state index contributed by atoms with van der Waals surface area (Å²) in [4.78, 5) is 34.6. The zero-order valence-electron chi connectivity index (χ0n) is 15.1. The van der Waals surface area contributed by atoms with Gasteiger partial charge in [-0.15, -0.1) is 0 Å². The fourth-order valence-corrected chi connectivity index (χ4v) is 4.18. The largest absolute Gasteiger partial charge is 0.356 e. The lowest BCUT2D eigenvalue weighted by atomic mass is 10.0. The molecule has 5 rings (SSSR count). The van der Waals surface area contributed by atoms with Crippen molar-refractivity contribution in [1.29, 1.82) is 0 Å². The SMILES string of the molecule is Cc1cc(N2CC3CN(C(=O)c4cnc5ccccc5n4)CC3C2)ncn1. The van der Waals surface area contributed by atoms with Crippen LogP contribution in [0.25, 0.3) is 11.0 Å². The number of benzene rings is 1. The number of rotatable bonds is 2. The quantitative estimate of drug-likeness (QED) is 0.695. The molecule has 7 heteroatoms. The molecule has 1 aromatic carbocycles. The highest BCUT2D eigenvalue weighted by molar-refractivity contribution is 5.94. The Labute approximate surface area is 157 Å². The third kappa shape index (κ3) is 2.89. The Bertz CT molecular complexity index is 1010. The lowest BCUT2D eigenvalue weighted by Crippen LogP contribution is -2.34. The van der Waals surface area contributed by atoms with Crippen molar-refractivity contribution in [3.05, 3.63) is 54.2 Å². The maximum atomic E-state index is 12.9. The number of aryl methyl sites for hydroxylation is 1. The van der Waals surface area contributed by atoms with E-state index in [0.717, 1.165) is 48.7 Å². The molecule has 0 bridgehead atoms. The smallest absolute Gasteiger partial charge is 0.274 e. The number of nitrogens with zero attached hydrogens (tertiary/aromatic N) is 6. The van der Waals surface area contributed by atoms with Crippen molar-refractivity contribution in [1.82, 2.24) is 24.8 Å². The molecule has 7 nitrogen and oxygen atoms in total. The van der Waals surface area contributed by atoms with E-state index in [9.17, 15) is 4.79 Å². The van der Waals surface area contributed by atoms with Crippen LogP contribution in [0.1, 0.15) is 16.2 Å². The van der Waals surface area contributed by atoms with E-state index in [0.29, 0.717) is 17.5 Å². The maximum Gasteiger partial charge on any atom is 0.274 e. The average Bonchev–Trinajstić information content (AvgIpc) is 3.26. The molecule has 0 radical (unpaired) electrons. The zero-order chi connectivity index (χ0) is 18.4. The van der Waals surface area contributed by atoms with E-state index < -0.39 is 0 Å². The van der Waals surface area contributed by atoms with Crippen LogP contribution in [0.4, 0.5) is 5.82 Å². The lowest BCUT2D eigenvalue weighted by Gasteiger charge is -2.22. The Morgan fingerprint density at radius 3 is 2.48 bits per heavy atom. The summed E-state index contributed by atoms with van der Waals surface area (Å²) in [7, 11) is 0. The van der Waals surface area contributed by atoms with Crippen molar-refractivity contribution >= 4 is 22.8 Å². The predicted molar refractivity (Wildman–Crippen MR) is 101 cm³/mol. The van der Waals surface area contributed by atoms with Crippen molar-refractivity contribution in [2.24, 2.45) is 11.8 Å². The fourth-order valence-electron chi connectivity index (χ4n) is 4.18. The molecule has 2 fully saturated rings. The minimum absolute atomic E-state index is 0.0212. The van der Waals surface area contributed by atoms with Gasteiger partial charge in [-0.25, -0.2) is 15.0 Å². The van der Waals surface area contributed by atoms with Gasteiger partial charge < -0.3 is 9.80 Å². The molecule has 136 valence electrons. The first-order valence-electron chi connectivity index (χ1n) is 9.22. The molecule has 1 amide bonds. The Kier molecular flexibility index (Phi) is 3.74. The summed E-state index contributed by atoms with van der Waals surface area (Å²) in [6, 6.07) is 9.65. The van der Waals surface area contributed by atoms with Gasteiger partial charge in [-0.05, 0) is 19.1 Å². The zero-order valence-corrected chi connectivity index (χ0v) is 15.1. The predicted octanol–water partition coefficient (Wildman–Crippen LogP) is 1.94. The van der Waals surface area contributed by atoms with Crippen LogP contribution in [0.15, 0.2) is 42.9 Å². The third-order valence-corrected chi connectivity index (χ3v) is 5.55. The number of carbonyl (C=O) groups excluding carboxylic acids is 1. The van der Waals surface area contributed by atoms with E-state index in [-0.39, 0.29) is 5.91 Å². The van der Waals surface area contributed by atoms with Crippen LogP contribution in [0.5, 0.6) is 0 Å². The molecule has 0 aliphatic carbocycles. The molecular weight excluding hydrogens is 340 g/mol. The first kappa shape index (κ1) is 16.1. The Morgan fingerprint density at radius 1 is 1.00 bits per heavy atom. The van der Waals surface area contributed by atoms with E-state index in [4.69, 9.17) is 0 Å². The van der Waals surface area contributed by atoms with Crippen molar-refractivity contribution in [2.75, 3.05) is 31.1 Å². The number of fused-ring (bicyclic) bond motifs is 2. The van der Waals surface area contributed by atoms with Crippen LogP contribution in [-0.4, -0.2) is 56.9 Å². The van der Waals surface area contributed by atoms with E-state index in [1.54, 1.807) is 12.5 Å². The van der Waals surface area contributed by atoms with Crippen LogP contribution >= 0.6 is 0 Å². The molecule has 2 saturated heterocycles. The topological polar surface area (TPSA) is 75.1 Å². The number of para-hydroxylation sites is 2.